The molecule has 0 saturated heterocycles. The molecule has 10 heteroatoms. The summed E-state index contributed by atoms with van der Waals surface area (Å²) in [5.74, 6) is 0.0526. The quantitative estimate of drug-likeness (QED) is 0.309. The monoisotopic (exact) mass is 447 g/mol. The number of non-ortho nitro benzene ring substituents is 1. The van der Waals surface area contributed by atoms with Gasteiger partial charge in [-0.1, -0.05) is 32.0 Å². The molecule has 0 spiro atoms. The van der Waals surface area contributed by atoms with E-state index < -0.39 is 10.8 Å². The third kappa shape index (κ3) is 4.75. The number of likely N-dealkylation sites (N-methyl/N-ethyl adjacent to an activating group) is 1. The van der Waals surface area contributed by atoms with Gasteiger partial charge in [-0.2, -0.15) is 5.10 Å². The highest BCUT2D eigenvalue weighted by Crippen LogP contribution is 2.21. The fourth-order valence-electron chi connectivity index (χ4n) is 3.68. The SMILES string of the molecule is CCN(CC)CCn1c(NC(=O)c2ccn(-c3cccc([N+](=O)[O-])c3)n2)nc2ccccc21. The molecule has 1 N–H and O–H groups in total. The zero-order valence-electron chi connectivity index (χ0n) is 18.5. The fourth-order valence-corrected chi connectivity index (χ4v) is 3.68. The van der Waals surface area contributed by atoms with Crippen molar-refractivity contribution in [3.63, 3.8) is 0 Å². The van der Waals surface area contributed by atoms with Gasteiger partial charge in [0.25, 0.3) is 11.6 Å². The Balaban J connectivity index is 1.58. The Hall–Kier alpha value is -4.05. The molecule has 0 bridgehead atoms. The second kappa shape index (κ2) is 9.61. The highest BCUT2D eigenvalue weighted by molar-refractivity contribution is 6.02. The van der Waals surface area contributed by atoms with Crippen molar-refractivity contribution < 1.29 is 9.72 Å². The third-order valence-corrected chi connectivity index (χ3v) is 5.54. The molecule has 2 aromatic carbocycles. The van der Waals surface area contributed by atoms with Crippen molar-refractivity contribution in [1.29, 1.82) is 0 Å². The number of aromatic nitrogens is 4. The maximum atomic E-state index is 13.0. The summed E-state index contributed by atoms with van der Waals surface area (Å²) in [5, 5.41) is 18.2. The first kappa shape index (κ1) is 22.2. The number of carbonyl (C=O) groups is 1. The third-order valence-electron chi connectivity index (χ3n) is 5.54. The van der Waals surface area contributed by atoms with E-state index in [1.165, 1.54) is 16.8 Å². The smallest absolute Gasteiger partial charge is 0.278 e. The Kier molecular flexibility index (Phi) is 6.45. The Morgan fingerprint density at radius 3 is 2.67 bits per heavy atom. The predicted molar refractivity (Wildman–Crippen MR) is 126 cm³/mol. The molecule has 0 saturated carbocycles. The minimum absolute atomic E-state index is 0.0454. The van der Waals surface area contributed by atoms with E-state index in [1.807, 2.05) is 28.8 Å². The van der Waals surface area contributed by atoms with Gasteiger partial charge in [0.2, 0.25) is 5.95 Å². The van der Waals surface area contributed by atoms with Crippen LogP contribution >= 0.6 is 0 Å². The fraction of sp³-hybridized carbons (Fsp3) is 0.261. The number of nitro groups is 1. The van der Waals surface area contributed by atoms with Crippen LogP contribution in [0.25, 0.3) is 16.7 Å². The lowest BCUT2D eigenvalue weighted by molar-refractivity contribution is -0.384. The molecule has 0 atom stereocenters. The van der Waals surface area contributed by atoms with Crippen LogP contribution in [-0.2, 0) is 6.54 Å². The first-order valence-electron chi connectivity index (χ1n) is 10.8. The number of carbonyl (C=O) groups excluding carboxylic acids is 1. The summed E-state index contributed by atoms with van der Waals surface area (Å²) in [6.07, 6.45) is 1.59. The van der Waals surface area contributed by atoms with Crippen LogP contribution in [0.4, 0.5) is 11.6 Å². The molecule has 0 aliphatic carbocycles. The molecule has 0 radical (unpaired) electrons. The molecular formula is C23H25N7O3. The van der Waals surface area contributed by atoms with E-state index in [4.69, 9.17) is 0 Å². The number of fused-ring (bicyclic) bond motifs is 1. The Bertz CT molecular complexity index is 1290. The van der Waals surface area contributed by atoms with E-state index in [9.17, 15) is 14.9 Å². The van der Waals surface area contributed by atoms with Crippen LogP contribution in [-0.4, -0.2) is 54.7 Å². The largest absolute Gasteiger partial charge is 0.309 e. The summed E-state index contributed by atoms with van der Waals surface area (Å²) >= 11 is 0. The van der Waals surface area contributed by atoms with Gasteiger partial charge in [0.05, 0.1) is 21.6 Å². The lowest BCUT2D eigenvalue weighted by Gasteiger charge is -2.19. The van der Waals surface area contributed by atoms with Gasteiger partial charge in [-0.15, -0.1) is 0 Å². The summed E-state index contributed by atoms with van der Waals surface area (Å²) in [6, 6.07) is 15.4. The number of amides is 1. The number of benzene rings is 2. The predicted octanol–water partition coefficient (Wildman–Crippen LogP) is 3.72. The van der Waals surface area contributed by atoms with Crippen molar-refractivity contribution in [3.05, 3.63) is 76.6 Å². The van der Waals surface area contributed by atoms with Crippen LogP contribution in [0.2, 0.25) is 0 Å². The van der Waals surface area contributed by atoms with E-state index in [1.54, 1.807) is 24.4 Å². The zero-order chi connectivity index (χ0) is 23.4. The van der Waals surface area contributed by atoms with Crippen LogP contribution in [0, 0.1) is 10.1 Å². The van der Waals surface area contributed by atoms with Crippen molar-refractivity contribution in [3.8, 4) is 5.69 Å². The maximum absolute atomic E-state index is 13.0. The number of anilines is 1. The van der Waals surface area contributed by atoms with Crippen LogP contribution in [0.3, 0.4) is 0 Å². The Labute approximate surface area is 190 Å². The molecule has 33 heavy (non-hydrogen) atoms. The molecule has 0 aliphatic rings. The molecular weight excluding hydrogens is 422 g/mol. The summed E-state index contributed by atoms with van der Waals surface area (Å²) in [4.78, 5) is 30.4. The molecule has 4 aromatic rings. The molecule has 1 amide bonds. The van der Waals surface area contributed by atoms with Gasteiger partial charge in [0, 0.05) is 31.4 Å². The lowest BCUT2D eigenvalue weighted by atomic mass is 10.3. The molecule has 2 aromatic heterocycles. The second-order valence-corrected chi connectivity index (χ2v) is 7.48. The van der Waals surface area contributed by atoms with Crippen LogP contribution in [0.1, 0.15) is 24.3 Å². The standard InChI is InChI=1S/C23H25N7O3/c1-3-27(4-2)14-15-28-21-11-6-5-10-19(21)24-23(28)25-22(31)20-12-13-29(26-20)17-8-7-9-18(16-17)30(32)33/h5-13,16H,3-4,14-15H2,1-2H3,(H,24,25,31). The number of imidazole rings is 1. The van der Waals surface area contributed by atoms with E-state index in [2.05, 4.69) is 34.1 Å². The van der Waals surface area contributed by atoms with E-state index in [0.717, 1.165) is 30.7 Å². The molecule has 0 fully saturated rings. The first-order chi connectivity index (χ1) is 16.0. The van der Waals surface area contributed by atoms with Gasteiger partial charge in [0.1, 0.15) is 0 Å². The van der Waals surface area contributed by atoms with Crippen molar-refractivity contribution in [2.24, 2.45) is 0 Å². The van der Waals surface area contributed by atoms with Gasteiger partial charge in [-0.3, -0.25) is 20.2 Å². The Morgan fingerprint density at radius 2 is 1.91 bits per heavy atom. The van der Waals surface area contributed by atoms with Crippen LogP contribution in [0.15, 0.2) is 60.8 Å². The number of nitrogens with zero attached hydrogens (tertiary/aromatic N) is 6. The van der Waals surface area contributed by atoms with Gasteiger partial charge < -0.3 is 9.47 Å². The van der Waals surface area contributed by atoms with Crippen LogP contribution in [0.5, 0.6) is 0 Å². The number of hydrogen-bond donors (Lipinski definition) is 1. The normalized spacial score (nSPS) is 11.2. The highest BCUT2D eigenvalue weighted by atomic mass is 16.6. The minimum atomic E-state index is -0.469. The Morgan fingerprint density at radius 1 is 1.12 bits per heavy atom. The summed E-state index contributed by atoms with van der Waals surface area (Å²) in [5.41, 5.74) is 2.38. The molecule has 4 rings (SSSR count). The lowest BCUT2D eigenvalue weighted by Crippen LogP contribution is -2.27. The van der Waals surface area contributed by atoms with Crippen molar-refractivity contribution >= 4 is 28.6 Å². The number of rotatable bonds is 9. The topological polar surface area (TPSA) is 111 Å². The van der Waals surface area contributed by atoms with Crippen molar-refractivity contribution in [2.45, 2.75) is 20.4 Å². The summed E-state index contributed by atoms with van der Waals surface area (Å²) < 4.78 is 3.44. The maximum Gasteiger partial charge on any atom is 0.278 e. The van der Waals surface area contributed by atoms with Gasteiger partial charge in [-0.05, 0) is 37.4 Å². The van der Waals surface area contributed by atoms with E-state index >= 15 is 0 Å². The van der Waals surface area contributed by atoms with E-state index in [-0.39, 0.29) is 11.4 Å². The molecule has 0 unspecified atom stereocenters. The highest BCUT2D eigenvalue weighted by Gasteiger charge is 2.17. The van der Waals surface area contributed by atoms with Gasteiger partial charge in [0.15, 0.2) is 5.69 Å². The van der Waals surface area contributed by atoms with Gasteiger partial charge >= 0.3 is 0 Å². The number of para-hydroxylation sites is 2. The van der Waals surface area contributed by atoms with Crippen LogP contribution < -0.4 is 5.32 Å². The number of nitrogens with one attached hydrogen (secondary N) is 1. The van der Waals surface area contributed by atoms with Gasteiger partial charge in [-0.25, -0.2) is 9.67 Å². The molecule has 10 nitrogen and oxygen atoms in total. The zero-order valence-corrected chi connectivity index (χ0v) is 18.5. The molecule has 2 heterocycles. The molecule has 0 aliphatic heterocycles. The average molecular weight is 447 g/mol. The molecule has 170 valence electrons. The number of hydrogen-bond acceptors (Lipinski definition) is 6. The van der Waals surface area contributed by atoms with Crippen molar-refractivity contribution in [1.82, 2.24) is 24.2 Å². The van der Waals surface area contributed by atoms with Crippen molar-refractivity contribution in [2.75, 3.05) is 25.0 Å². The first-order valence-corrected chi connectivity index (χ1v) is 10.8. The minimum Gasteiger partial charge on any atom is -0.309 e. The summed E-state index contributed by atoms with van der Waals surface area (Å²) in [7, 11) is 0. The second-order valence-electron chi connectivity index (χ2n) is 7.48. The average Bonchev–Trinajstić information content (AvgIpc) is 3.45. The summed E-state index contributed by atoms with van der Waals surface area (Å²) in [6.45, 7) is 7.64. The van der Waals surface area contributed by atoms with E-state index in [0.29, 0.717) is 18.2 Å². The number of nitro benzene ring substituents is 1.